The average molecular weight is 636 g/mol. The summed E-state index contributed by atoms with van der Waals surface area (Å²) < 4.78 is 94.7. The second-order valence-corrected chi connectivity index (χ2v) is 13.2. The van der Waals surface area contributed by atoms with Gasteiger partial charge in [-0.2, -0.15) is 30.7 Å². The molecule has 8 heteroatoms. The molecule has 5 rings (SSSR count). The van der Waals surface area contributed by atoms with Gasteiger partial charge in [0.25, 0.3) is 0 Å². The van der Waals surface area contributed by atoms with Crippen molar-refractivity contribution in [3.05, 3.63) is 114 Å². The summed E-state index contributed by atoms with van der Waals surface area (Å²) in [5, 5.41) is 3.13. The van der Waals surface area contributed by atoms with E-state index >= 15 is 0 Å². The van der Waals surface area contributed by atoms with E-state index < -0.39 is 28.9 Å². The zero-order valence-corrected chi connectivity index (χ0v) is 26.0. The van der Waals surface area contributed by atoms with Crippen LogP contribution in [0.5, 0.6) is 0 Å². The molecule has 0 aliphatic carbocycles. The molecule has 1 heterocycles. The summed E-state index contributed by atoms with van der Waals surface area (Å²) in [6, 6.07) is 25.0. The lowest BCUT2D eigenvalue weighted by Gasteiger charge is -2.30. The van der Waals surface area contributed by atoms with Gasteiger partial charge in [-0.15, -0.1) is 0 Å². The third kappa shape index (κ3) is 6.08. The van der Waals surface area contributed by atoms with E-state index in [4.69, 9.17) is 0 Å². The molecular formula is C38H32F7N. The smallest absolute Gasteiger partial charge is 0.265 e. The van der Waals surface area contributed by atoms with Crippen LogP contribution >= 0.6 is 0 Å². The molecule has 0 fully saturated rings. The monoisotopic (exact) mass is 635 g/mol. The van der Waals surface area contributed by atoms with Crippen LogP contribution in [-0.4, -0.2) is 23.0 Å². The summed E-state index contributed by atoms with van der Waals surface area (Å²) in [6.07, 6.45) is -2.50. The van der Waals surface area contributed by atoms with E-state index in [0.717, 1.165) is 38.9 Å². The summed E-state index contributed by atoms with van der Waals surface area (Å²) in [5.74, 6) is -8.88. The van der Waals surface area contributed by atoms with Crippen molar-refractivity contribution < 1.29 is 30.7 Å². The van der Waals surface area contributed by atoms with Gasteiger partial charge < -0.3 is 0 Å². The summed E-state index contributed by atoms with van der Waals surface area (Å²) in [4.78, 5) is 4.17. The molecule has 0 spiro atoms. The SMILES string of the molecule is CC(C)(C)c1ccc2ccc(CC(C)(C)c3ccc4ccccc4c3-c3ccncc3)cc2c1C#CC(F)(F)C(F)(F)C(F)(F)F. The molecule has 46 heavy (non-hydrogen) atoms. The fraction of sp³-hybridized carbons (Fsp3) is 0.289. The summed E-state index contributed by atoms with van der Waals surface area (Å²) >= 11 is 0. The second kappa shape index (κ2) is 11.5. The van der Waals surface area contributed by atoms with Crippen molar-refractivity contribution in [2.45, 2.75) is 69.9 Å². The first-order chi connectivity index (χ1) is 21.3. The Kier molecular flexibility index (Phi) is 8.21. The Morgan fingerprint density at radius 1 is 0.652 bits per heavy atom. The Morgan fingerprint density at radius 3 is 1.87 bits per heavy atom. The van der Waals surface area contributed by atoms with Crippen molar-refractivity contribution in [3.8, 4) is 23.0 Å². The lowest BCUT2D eigenvalue weighted by Crippen LogP contribution is -2.51. The molecule has 0 aliphatic heterocycles. The molecule has 238 valence electrons. The van der Waals surface area contributed by atoms with Gasteiger partial charge in [-0.1, -0.05) is 101 Å². The predicted molar refractivity (Wildman–Crippen MR) is 169 cm³/mol. The van der Waals surface area contributed by atoms with Crippen LogP contribution in [0.25, 0.3) is 32.7 Å². The van der Waals surface area contributed by atoms with E-state index in [1.165, 1.54) is 0 Å². The number of alkyl halides is 7. The van der Waals surface area contributed by atoms with Crippen molar-refractivity contribution in [1.29, 1.82) is 0 Å². The van der Waals surface area contributed by atoms with Crippen molar-refractivity contribution in [2.75, 3.05) is 0 Å². The first-order valence-electron chi connectivity index (χ1n) is 14.7. The maximum atomic E-state index is 14.3. The number of aromatic nitrogens is 1. The number of nitrogens with zero attached hydrogens (tertiary/aromatic N) is 1. The van der Waals surface area contributed by atoms with Crippen molar-refractivity contribution >= 4 is 21.5 Å². The summed E-state index contributed by atoms with van der Waals surface area (Å²) in [6.45, 7) is 9.55. The minimum Gasteiger partial charge on any atom is -0.265 e. The highest BCUT2D eigenvalue weighted by Gasteiger charge is 2.72. The summed E-state index contributed by atoms with van der Waals surface area (Å²) in [5.41, 5.74) is 3.22. The largest absolute Gasteiger partial charge is 0.461 e. The fourth-order valence-corrected chi connectivity index (χ4v) is 5.90. The standard InChI is InChI=1S/C38H32F7N/c1-34(2,3)31-14-12-26-11-10-24(22-30(26)29(31)16-19-36(39,40)37(41,42)38(43,44)45)23-35(4,5)32-15-13-25-8-6-7-9-28(25)33(32)27-17-20-46-21-18-27/h6-15,17-18,20-22H,23H2,1-5H3. The molecule has 0 N–H and O–H groups in total. The van der Waals surface area contributed by atoms with Crippen LogP contribution < -0.4 is 0 Å². The molecule has 0 atom stereocenters. The Balaban J connectivity index is 1.66. The minimum absolute atomic E-state index is 0.00881. The zero-order chi connectivity index (χ0) is 33.7. The van der Waals surface area contributed by atoms with Gasteiger partial charge in [-0.25, -0.2) is 0 Å². The van der Waals surface area contributed by atoms with Crippen LogP contribution in [0.4, 0.5) is 30.7 Å². The van der Waals surface area contributed by atoms with E-state index in [9.17, 15) is 30.7 Å². The third-order valence-corrected chi connectivity index (χ3v) is 8.26. The molecule has 0 amide bonds. The maximum Gasteiger partial charge on any atom is 0.461 e. The summed E-state index contributed by atoms with van der Waals surface area (Å²) in [7, 11) is 0. The third-order valence-electron chi connectivity index (χ3n) is 8.26. The number of hydrogen-bond donors (Lipinski definition) is 0. The Hall–Kier alpha value is -4.38. The normalized spacial score (nSPS) is 13.1. The van der Waals surface area contributed by atoms with Gasteiger partial charge in [0.05, 0.1) is 0 Å². The van der Waals surface area contributed by atoms with Gasteiger partial charge >= 0.3 is 18.0 Å². The predicted octanol–water partition coefficient (Wildman–Crippen LogP) is 11.1. The van der Waals surface area contributed by atoms with E-state index in [0.29, 0.717) is 22.8 Å². The van der Waals surface area contributed by atoms with Crippen LogP contribution in [0.2, 0.25) is 0 Å². The first-order valence-corrected chi connectivity index (χ1v) is 14.7. The molecule has 0 bridgehead atoms. The topological polar surface area (TPSA) is 12.9 Å². The molecule has 1 aromatic heterocycles. The second-order valence-electron chi connectivity index (χ2n) is 13.2. The quantitative estimate of drug-likeness (QED) is 0.138. The first kappa shape index (κ1) is 33.0. The van der Waals surface area contributed by atoms with Gasteiger partial charge in [0.1, 0.15) is 0 Å². The number of halogens is 7. The van der Waals surface area contributed by atoms with Crippen molar-refractivity contribution in [3.63, 3.8) is 0 Å². The van der Waals surface area contributed by atoms with E-state index in [2.05, 4.69) is 43.0 Å². The van der Waals surface area contributed by atoms with E-state index in [-0.39, 0.29) is 5.56 Å². The van der Waals surface area contributed by atoms with Crippen molar-refractivity contribution in [2.24, 2.45) is 0 Å². The Labute approximate surface area is 263 Å². The minimum atomic E-state index is -6.46. The highest BCUT2D eigenvalue weighted by Crippen LogP contribution is 2.46. The number of benzene rings is 4. The van der Waals surface area contributed by atoms with Gasteiger partial charge in [0.2, 0.25) is 0 Å². The molecule has 4 aromatic carbocycles. The van der Waals surface area contributed by atoms with Crippen LogP contribution in [0.1, 0.15) is 56.9 Å². The van der Waals surface area contributed by atoms with E-state index in [1.807, 2.05) is 36.4 Å². The zero-order valence-electron chi connectivity index (χ0n) is 26.0. The molecule has 0 saturated heterocycles. The van der Waals surface area contributed by atoms with Gasteiger partial charge in [0, 0.05) is 18.0 Å². The van der Waals surface area contributed by atoms with Crippen molar-refractivity contribution in [1.82, 2.24) is 4.98 Å². The highest BCUT2D eigenvalue weighted by molar-refractivity contribution is 5.99. The van der Waals surface area contributed by atoms with Crippen LogP contribution in [0, 0.1) is 11.8 Å². The number of pyridine rings is 1. The number of fused-ring (bicyclic) bond motifs is 2. The van der Waals surface area contributed by atoms with Gasteiger partial charge in [-0.05, 0) is 90.7 Å². The molecule has 0 aliphatic rings. The number of hydrogen-bond acceptors (Lipinski definition) is 1. The van der Waals surface area contributed by atoms with E-state index in [1.54, 1.807) is 57.4 Å². The van der Waals surface area contributed by atoms with Crippen LogP contribution in [-0.2, 0) is 17.3 Å². The molecule has 0 radical (unpaired) electrons. The lowest BCUT2D eigenvalue weighted by molar-refractivity contribution is -0.339. The molecule has 5 aromatic rings. The Bertz CT molecular complexity index is 1970. The lowest BCUT2D eigenvalue weighted by atomic mass is 9.74. The molecule has 0 saturated carbocycles. The Morgan fingerprint density at radius 2 is 1.24 bits per heavy atom. The van der Waals surface area contributed by atoms with Crippen LogP contribution in [0.3, 0.4) is 0 Å². The van der Waals surface area contributed by atoms with Gasteiger partial charge in [-0.3, -0.25) is 4.98 Å². The van der Waals surface area contributed by atoms with Gasteiger partial charge in [0.15, 0.2) is 0 Å². The highest BCUT2D eigenvalue weighted by atomic mass is 19.4. The molecule has 0 unspecified atom stereocenters. The maximum absolute atomic E-state index is 14.3. The molecular weight excluding hydrogens is 603 g/mol. The van der Waals surface area contributed by atoms with Crippen LogP contribution in [0.15, 0.2) is 91.3 Å². The average Bonchev–Trinajstić information content (AvgIpc) is 2.98. The molecule has 1 nitrogen and oxygen atoms in total. The number of rotatable bonds is 5. The fourth-order valence-electron chi connectivity index (χ4n) is 5.90.